The van der Waals surface area contributed by atoms with E-state index in [4.69, 9.17) is 9.47 Å². The smallest absolute Gasteiger partial charge is 0.407 e. The van der Waals surface area contributed by atoms with Crippen LogP contribution in [-0.2, 0) is 14.3 Å². The highest BCUT2D eigenvalue weighted by Crippen LogP contribution is 2.54. The van der Waals surface area contributed by atoms with E-state index in [-0.39, 0.29) is 18.2 Å². The second-order valence-corrected chi connectivity index (χ2v) is 11.2. The molecule has 0 saturated heterocycles. The molecule has 1 spiro atoms. The number of halogens is 1. The van der Waals surface area contributed by atoms with Gasteiger partial charge in [-0.2, -0.15) is 0 Å². The lowest BCUT2D eigenvalue weighted by molar-refractivity contribution is -0.114. The highest BCUT2D eigenvalue weighted by Gasteiger charge is 2.53. The Morgan fingerprint density at radius 2 is 2.03 bits per heavy atom. The van der Waals surface area contributed by atoms with Crippen LogP contribution >= 0.6 is 11.8 Å². The van der Waals surface area contributed by atoms with Crippen LogP contribution in [0.3, 0.4) is 0 Å². The number of methoxy groups -OCH3 is 1. The van der Waals surface area contributed by atoms with Crippen molar-refractivity contribution in [2.75, 3.05) is 13.7 Å². The third kappa shape index (κ3) is 4.59. The molecule has 0 fully saturated rings. The van der Waals surface area contributed by atoms with Gasteiger partial charge < -0.3 is 14.8 Å². The van der Waals surface area contributed by atoms with Crippen LogP contribution in [0.2, 0.25) is 0 Å². The molecule has 2 aliphatic heterocycles. The summed E-state index contributed by atoms with van der Waals surface area (Å²) in [6.45, 7) is 9.37. The van der Waals surface area contributed by atoms with Crippen LogP contribution in [0.25, 0.3) is 5.57 Å². The van der Waals surface area contributed by atoms with E-state index >= 15 is 4.39 Å². The maximum Gasteiger partial charge on any atom is 0.407 e. The number of hydrogen-bond acceptors (Lipinski definition) is 6. The first-order valence-corrected chi connectivity index (χ1v) is 12.2. The van der Waals surface area contributed by atoms with E-state index in [0.29, 0.717) is 28.2 Å². The summed E-state index contributed by atoms with van der Waals surface area (Å²) in [5.74, 6) is -0.197. The van der Waals surface area contributed by atoms with Crippen molar-refractivity contribution in [3.8, 4) is 0 Å². The molecule has 2 unspecified atom stereocenters. The molecule has 6 nitrogen and oxygen atoms in total. The van der Waals surface area contributed by atoms with Gasteiger partial charge in [0.1, 0.15) is 17.2 Å². The van der Waals surface area contributed by atoms with Crippen molar-refractivity contribution in [2.45, 2.75) is 50.9 Å². The van der Waals surface area contributed by atoms with E-state index in [1.807, 2.05) is 32.1 Å². The third-order valence-electron chi connectivity index (χ3n) is 5.96. The Morgan fingerprint density at radius 1 is 1.29 bits per heavy atom. The zero-order chi connectivity index (χ0) is 25.5. The molecule has 184 valence electrons. The van der Waals surface area contributed by atoms with E-state index in [1.54, 1.807) is 33.9 Å². The highest BCUT2D eigenvalue weighted by molar-refractivity contribution is 8.06. The molecule has 1 aromatic carbocycles. The minimum atomic E-state index is -0.950. The normalized spacial score (nSPS) is 22.0. The van der Waals surface area contributed by atoms with Crippen molar-refractivity contribution in [2.24, 2.45) is 4.99 Å². The fraction of sp³-hybridized carbons (Fsp3) is 0.370. The lowest BCUT2D eigenvalue weighted by Gasteiger charge is -2.35. The number of nitrogens with zero attached hydrogens (tertiary/aromatic N) is 1. The molecule has 0 radical (unpaired) electrons. The summed E-state index contributed by atoms with van der Waals surface area (Å²) in [4.78, 5) is 30.4. The molecule has 2 heterocycles. The maximum atomic E-state index is 15.3. The Kier molecular flexibility index (Phi) is 6.53. The summed E-state index contributed by atoms with van der Waals surface area (Å²) < 4.78 is 25.3. The number of carbonyl (C=O) groups excluding carboxylic acids is 2. The number of ether oxygens (including phenoxy) is 2. The van der Waals surface area contributed by atoms with Crippen molar-refractivity contribution in [1.82, 2.24) is 5.32 Å². The zero-order valence-electron chi connectivity index (χ0n) is 20.7. The molecule has 3 aliphatic rings. The van der Waals surface area contributed by atoms with Gasteiger partial charge in [-0.1, -0.05) is 19.1 Å². The second-order valence-electron chi connectivity index (χ2n) is 9.76. The van der Waals surface area contributed by atoms with Crippen molar-refractivity contribution < 1.29 is 23.5 Å². The van der Waals surface area contributed by atoms with Crippen LogP contribution in [0.4, 0.5) is 9.18 Å². The zero-order valence-corrected chi connectivity index (χ0v) is 21.5. The van der Waals surface area contributed by atoms with E-state index in [1.165, 1.54) is 30.1 Å². The fourth-order valence-corrected chi connectivity index (χ4v) is 5.73. The number of allylic oxidation sites excluding steroid dienone is 5. The summed E-state index contributed by atoms with van der Waals surface area (Å²) in [5.41, 5.74) is 2.48. The quantitative estimate of drug-likeness (QED) is 0.568. The molecule has 0 saturated carbocycles. The van der Waals surface area contributed by atoms with E-state index < -0.39 is 22.3 Å². The van der Waals surface area contributed by atoms with Gasteiger partial charge in [-0.3, -0.25) is 9.79 Å². The minimum absolute atomic E-state index is 0.0618. The number of alkyl carbamates (subject to hydrolysis) is 1. The summed E-state index contributed by atoms with van der Waals surface area (Å²) in [6.07, 6.45) is 6.20. The minimum Gasteiger partial charge on any atom is -0.496 e. The molecule has 1 aliphatic carbocycles. The van der Waals surface area contributed by atoms with Gasteiger partial charge in [0.05, 0.1) is 12.8 Å². The van der Waals surface area contributed by atoms with Gasteiger partial charge in [0.15, 0.2) is 10.5 Å². The Balaban J connectivity index is 1.64. The summed E-state index contributed by atoms with van der Waals surface area (Å²) in [5, 5.41) is 2.69. The molecule has 35 heavy (non-hydrogen) atoms. The van der Waals surface area contributed by atoms with E-state index in [2.05, 4.69) is 10.3 Å². The SMILES string of the molecule is COC1=C2C=C(C)SC23C(=O)C=CN=C3C=C1c1ccc(C(C)CNC(=O)OC(C)(C)C)c(F)c1. The maximum absolute atomic E-state index is 15.3. The predicted octanol–water partition coefficient (Wildman–Crippen LogP) is 5.68. The van der Waals surface area contributed by atoms with Gasteiger partial charge in [-0.15, -0.1) is 11.8 Å². The molecule has 1 amide bonds. The number of ketones is 1. The van der Waals surface area contributed by atoms with Crippen LogP contribution in [-0.4, -0.2) is 41.6 Å². The molecule has 8 heteroatoms. The number of nitrogens with one attached hydrogen (secondary N) is 1. The van der Waals surface area contributed by atoms with Crippen LogP contribution in [0.1, 0.15) is 51.7 Å². The number of thioether (sulfide) groups is 1. The first-order chi connectivity index (χ1) is 16.5. The molecule has 4 rings (SSSR count). The Labute approximate surface area is 209 Å². The average Bonchev–Trinajstić information content (AvgIpc) is 3.13. The van der Waals surface area contributed by atoms with Gasteiger partial charge in [-0.25, -0.2) is 9.18 Å². The molecule has 0 aromatic heterocycles. The Hall–Kier alpha value is -3.13. The van der Waals surface area contributed by atoms with Crippen molar-refractivity contribution in [3.63, 3.8) is 0 Å². The van der Waals surface area contributed by atoms with Gasteiger partial charge in [0, 0.05) is 35.9 Å². The summed E-state index contributed by atoms with van der Waals surface area (Å²) in [6, 6.07) is 4.99. The standard InChI is InChI=1S/C27H29FN2O4S/c1-15(14-30-25(32)34-26(3,4)5)18-8-7-17(12-21(18)28)19-13-22-27(23(31)9-10-29-22)20(24(19)33-6)11-16(2)35-27/h7-13,15H,14H2,1-6H3,(H,30,32). The monoisotopic (exact) mass is 496 g/mol. The topological polar surface area (TPSA) is 77.0 Å². The number of carbonyl (C=O) groups is 2. The molecule has 1 N–H and O–H groups in total. The second kappa shape index (κ2) is 9.15. The van der Waals surface area contributed by atoms with Crippen LogP contribution < -0.4 is 5.32 Å². The molecule has 1 aromatic rings. The molecule has 0 bridgehead atoms. The van der Waals surface area contributed by atoms with Crippen molar-refractivity contribution in [3.05, 3.63) is 75.8 Å². The predicted molar refractivity (Wildman–Crippen MR) is 137 cm³/mol. The Morgan fingerprint density at radius 3 is 2.69 bits per heavy atom. The van der Waals surface area contributed by atoms with Crippen molar-refractivity contribution in [1.29, 1.82) is 0 Å². The summed E-state index contributed by atoms with van der Waals surface area (Å²) in [7, 11) is 1.55. The largest absolute Gasteiger partial charge is 0.496 e. The van der Waals surface area contributed by atoms with Gasteiger partial charge in [-0.05, 0) is 61.9 Å². The van der Waals surface area contributed by atoms with Crippen LogP contribution in [0.15, 0.2) is 63.9 Å². The lowest BCUT2D eigenvalue weighted by Crippen LogP contribution is -2.45. The average molecular weight is 497 g/mol. The number of aliphatic imine (C=N–C) groups is 1. The lowest BCUT2D eigenvalue weighted by atomic mass is 9.79. The van der Waals surface area contributed by atoms with Crippen LogP contribution in [0.5, 0.6) is 0 Å². The molecular weight excluding hydrogens is 467 g/mol. The number of benzene rings is 1. The number of rotatable bonds is 5. The fourth-order valence-electron chi connectivity index (χ4n) is 4.42. The van der Waals surface area contributed by atoms with Gasteiger partial charge in [0.2, 0.25) is 0 Å². The van der Waals surface area contributed by atoms with Gasteiger partial charge >= 0.3 is 6.09 Å². The van der Waals surface area contributed by atoms with E-state index in [0.717, 1.165) is 10.5 Å². The summed E-state index contributed by atoms with van der Waals surface area (Å²) >= 11 is 1.45. The Bertz CT molecular complexity index is 1250. The van der Waals surface area contributed by atoms with Crippen LogP contribution in [0, 0.1) is 5.82 Å². The van der Waals surface area contributed by atoms with Gasteiger partial charge in [0.25, 0.3) is 0 Å². The third-order valence-corrected chi connectivity index (χ3v) is 7.33. The highest BCUT2D eigenvalue weighted by atomic mass is 32.2. The molecular formula is C27H29FN2O4S. The number of hydrogen-bond donors (Lipinski definition) is 1. The number of amides is 1. The first-order valence-electron chi connectivity index (χ1n) is 11.4. The van der Waals surface area contributed by atoms with E-state index in [9.17, 15) is 9.59 Å². The first kappa shape index (κ1) is 25.0. The van der Waals surface area contributed by atoms with Crippen molar-refractivity contribution >= 4 is 34.9 Å². The molecule has 2 atom stereocenters.